The topological polar surface area (TPSA) is 119 Å². The van der Waals surface area contributed by atoms with Crippen molar-refractivity contribution in [1.82, 2.24) is 14.8 Å². The van der Waals surface area contributed by atoms with Crippen molar-refractivity contribution in [3.8, 4) is 11.6 Å². The summed E-state index contributed by atoms with van der Waals surface area (Å²) in [6.07, 6.45) is 1.49. The molecule has 0 fully saturated rings. The maximum absolute atomic E-state index is 13.1. The van der Waals surface area contributed by atoms with Crippen LogP contribution in [0, 0.1) is 10.1 Å². The zero-order valence-corrected chi connectivity index (χ0v) is 17.4. The van der Waals surface area contributed by atoms with Gasteiger partial charge in [-0.25, -0.2) is 0 Å². The van der Waals surface area contributed by atoms with E-state index in [0.717, 1.165) is 15.9 Å². The number of anilines is 2. The molecule has 0 atom stereocenters. The molecule has 0 amide bonds. The van der Waals surface area contributed by atoms with Crippen molar-refractivity contribution in [3.63, 3.8) is 0 Å². The van der Waals surface area contributed by atoms with Crippen molar-refractivity contribution in [2.45, 2.75) is 6.54 Å². The summed E-state index contributed by atoms with van der Waals surface area (Å²) in [6.45, 7) is 0.414. The maximum atomic E-state index is 13.1. The van der Waals surface area contributed by atoms with Gasteiger partial charge in [0.05, 0.1) is 11.2 Å². The van der Waals surface area contributed by atoms with Crippen LogP contribution in [-0.2, 0) is 6.54 Å². The number of hydrogen-bond donors (Lipinski definition) is 1. The van der Waals surface area contributed by atoms with E-state index in [2.05, 4.69) is 15.4 Å². The molecule has 32 heavy (non-hydrogen) atoms. The second-order valence-corrected chi connectivity index (χ2v) is 7.17. The molecule has 162 valence electrons. The third-order valence-corrected chi connectivity index (χ3v) is 4.77. The van der Waals surface area contributed by atoms with Crippen LogP contribution in [-0.4, -0.2) is 39.7 Å². The highest BCUT2D eigenvalue weighted by molar-refractivity contribution is 5.97. The molecule has 1 N–H and O–H groups in total. The van der Waals surface area contributed by atoms with Gasteiger partial charge in [-0.15, -0.1) is 5.10 Å². The van der Waals surface area contributed by atoms with Crippen LogP contribution in [0.25, 0.3) is 11.6 Å². The predicted molar refractivity (Wildman–Crippen MR) is 119 cm³/mol. The Morgan fingerprint density at radius 2 is 1.84 bits per heavy atom. The summed E-state index contributed by atoms with van der Waals surface area (Å²) in [5, 5.41) is 18.3. The first kappa shape index (κ1) is 20.8. The van der Waals surface area contributed by atoms with Crippen LogP contribution in [0.15, 0.2) is 71.3 Å². The number of rotatable bonds is 7. The molecule has 10 heteroatoms. The molecule has 0 aliphatic heterocycles. The Labute approximate surface area is 183 Å². The highest BCUT2D eigenvalue weighted by Crippen LogP contribution is 2.21. The number of nitro benzene ring substituents is 1. The Morgan fingerprint density at radius 3 is 2.44 bits per heavy atom. The van der Waals surface area contributed by atoms with Gasteiger partial charge in [-0.1, -0.05) is 12.1 Å². The lowest BCUT2D eigenvalue weighted by Gasteiger charge is -2.13. The van der Waals surface area contributed by atoms with Gasteiger partial charge in [-0.2, -0.15) is 9.67 Å². The summed E-state index contributed by atoms with van der Waals surface area (Å²) in [5.41, 5.74) is 2.21. The van der Waals surface area contributed by atoms with Crippen LogP contribution in [0.3, 0.4) is 0 Å². The minimum absolute atomic E-state index is 0.101. The second-order valence-electron chi connectivity index (χ2n) is 7.17. The number of carbonyl (C=O) groups is 1. The molecule has 0 aliphatic rings. The van der Waals surface area contributed by atoms with E-state index >= 15 is 0 Å². The minimum Gasteiger partial charge on any atom is -0.461 e. The first-order valence-corrected chi connectivity index (χ1v) is 9.72. The molecule has 0 saturated heterocycles. The van der Waals surface area contributed by atoms with Crippen LogP contribution >= 0.6 is 0 Å². The van der Waals surface area contributed by atoms with Gasteiger partial charge < -0.3 is 14.6 Å². The minimum atomic E-state index is -0.521. The molecule has 0 aliphatic carbocycles. The van der Waals surface area contributed by atoms with Crippen LogP contribution in [0.5, 0.6) is 0 Å². The third-order valence-electron chi connectivity index (χ3n) is 4.77. The van der Waals surface area contributed by atoms with Crippen molar-refractivity contribution >= 4 is 23.2 Å². The van der Waals surface area contributed by atoms with Crippen LogP contribution in [0.4, 0.5) is 17.3 Å². The maximum Gasteiger partial charge on any atom is 0.281 e. The largest absolute Gasteiger partial charge is 0.461 e. The average molecular weight is 432 g/mol. The molecule has 0 radical (unpaired) electrons. The van der Waals surface area contributed by atoms with Gasteiger partial charge in [0, 0.05) is 44.0 Å². The molecule has 4 rings (SSSR count). The SMILES string of the molecule is CN(C)c1ccc(CNc2nc(-c3ccco3)nn2C(=O)c2ccc([N+](=O)[O-])cc2)cc1. The number of furan rings is 1. The number of aromatic nitrogens is 3. The number of hydrogen-bond acceptors (Lipinski definition) is 8. The fourth-order valence-electron chi connectivity index (χ4n) is 3.02. The zero-order valence-electron chi connectivity index (χ0n) is 17.4. The highest BCUT2D eigenvalue weighted by Gasteiger charge is 2.20. The summed E-state index contributed by atoms with van der Waals surface area (Å²) in [7, 11) is 3.94. The lowest BCUT2D eigenvalue weighted by molar-refractivity contribution is -0.384. The first-order chi connectivity index (χ1) is 15.4. The summed E-state index contributed by atoms with van der Waals surface area (Å²) in [4.78, 5) is 29.9. The number of nitrogens with one attached hydrogen (secondary N) is 1. The predicted octanol–water partition coefficient (Wildman–Crippen LogP) is 3.81. The van der Waals surface area contributed by atoms with Gasteiger partial charge in [0.2, 0.25) is 11.8 Å². The Kier molecular flexibility index (Phi) is 5.67. The number of benzene rings is 2. The molecule has 0 unspecified atom stereocenters. The van der Waals surface area contributed by atoms with E-state index in [0.29, 0.717) is 12.3 Å². The van der Waals surface area contributed by atoms with Crippen molar-refractivity contribution in [2.24, 2.45) is 0 Å². The third kappa shape index (κ3) is 4.33. The van der Waals surface area contributed by atoms with Gasteiger partial charge in [-0.3, -0.25) is 14.9 Å². The molecular formula is C22H20N6O4. The van der Waals surface area contributed by atoms with E-state index in [4.69, 9.17) is 4.42 Å². The average Bonchev–Trinajstić information content (AvgIpc) is 3.47. The van der Waals surface area contributed by atoms with E-state index in [-0.39, 0.29) is 23.0 Å². The van der Waals surface area contributed by atoms with Gasteiger partial charge in [-0.05, 0) is 42.0 Å². The Bertz CT molecular complexity index is 1230. The molecule has 10 nitrogen and oxygen atoms in total. The number of non-ortho nitro benzene ring substituents is 1. The van der Waals surface area contributed by atoms with Gasteiger partial charge in [0.25, 0.3) is 11.6 Å². The van der Waals surface area contributed by atoms with Gasteiger partial charge >= 0.3 is 0 Å². The molecule has 2 aromatic heterocycles. The first-order valence-electron chi connectivity index (χ1n) is 9.72. The number of nitro groups is 1. The molecule has 0 spiro atoms. The molecule has 4 aromatic rings. The summed E-state index contributed by atoms with van der Waals surface area (Å²) < 4.78 is 6.49. The summed E-state index contributed by atoms with van der Waals surface area (Å²) in [5.74, 6) is 0.418. The number of carbonyl (C=O) groups excluding carboxylic acids is 1. The van der Waals surface area contributed by atoms with Crippen LogP contribution in [0.2, 0.25) is 0 Å². The Morgan fingerprint density at radius 1 is 1.12 bits per heavy atom. The number of nitrogens with zero attached hydrogens (tertiary/aromatic N) is 5. The smallest absolute Gasteiger partial charge is 0.281 e. The lowest BCUT2D eigenvalue weighted by atomic mass is 10.2. The summed E-state index contributed by atoms with van der Waals surface area (Å²) >= 11 is 0. The van der Waals surface area contributed by atoms with Crippen LogP contribution < -0.4 is 10.2 Å². The van der Waals surface area contributed by atoms with E-state index in [9.17, 15) is 14.9 Å². The molecule has 2 heterocycles. The second kappa shape index (κ2) is 8.72. The monoisotopic (exact) mass is 432 g/mol. The quantitative estimate of drug-likeness (QED) is 0.346. The van der Waals surface area contributed by atoms with Gasteiger partial charge in [0.15, 0.2) is 5.76 Å². The molecule has 2 aromatic carbocycles. The lowest BCUT2D eigenvalue weighted by Crippen LogP contribution is -2.17. The van der Waals surface area contributed by atoms with Crippen molar-refractivity contribution in [3.05, 3.63) is 88.2 Å². The summed E-state index contributed by atoms with van der Waals surface area (Å²) in [6, 6.07) is 16.7. The van der Waals surface area contributed by atoms with E-state index < -0.39 is 10.8 Å². The van der Waals surface area contributed by atoms with E-state index in [1.165, 1.54) is 30.5 Å². The van der Waals surface area contributed by atoms with Crippen molar-refractivity contribution < 1.29 is 14.1 Å². The normalized spacial score (nSPS) is 10.7. The van der Waals surface area contributed by atoms with Crippen molar-refractivity contribution in [2.75, 3.05) is 24.3 Å². The van der Waals surface area contributed by atoms with E-state index in [1.54, 1.807) is 12.1 Å². The Balaban J connectivity index is 1.61. The fourth-order valence-corrected chi connectivity index (χ4v) is 3.02. The zero-order chi connectivity index (χ0) is 22.7. The highest BCUT2D eigenvalue weighted by atomic mass is 16.6. The molecular weight excluding hydrogens is 412 g/mol. The molecule has 0 saturated carbocycles. The fraction of sp³-hybridized carbons (Fsp3) is 0.136. The van der Waals surface area contributed by atoms with Crippen LogP contribution in [0.1, 0.15) is 15.9 Å². The molecule has 0 bridgehead atoms. The van der Waals surface area contributed by atoms with Gasteiger partial charge in [0.1, 0.15) is 0 Å². The standard InChI is InChI=1S/C22H20N6O4/c1-26(2)17-9-5-15(6-10-17)14-23-22-24-20(19-4-3-13-32-19)25-27(22)21(29)16-7-11-18(12-8-16)28(30)31/h3-13H,14H2,1-2H3,(H,23,24,25). The van der Waals surface area contributed by atoms with Crippen molar-refractivity contribution in [1.29, 1.82) is 0 Å². The van der Waals surface area contributed by atoms with E-state index in [1.807, 2.05) is 43.3 Å². The Hall–Kier alpha value is -4.47.